The predicted octanol–water partition coefficient (Wildman–Crippen LogP) is 3.96. The maximum atomic E-state index is 9.20. The molecule has 0 aliphatic heterocycles. The summed E-state index contributed by atoms with van der Waals surface area (Å²) in [5.41, 5.74) is 2.18. The van der Waals surface area contributed by atoms with Crippen molar-refractivity contribution in [3.05, 3.63) is 28.2 Å². The van der Waals surface area contributed by atoms with E-state index in [-0.39, 0.29) is 6.61 Å². The van der Waals surface area contributed by atoms with Gasteiger partial charge in [-0.3, -0.25) is 0 Å². The zero-order chi connectivity index (χ0) is 13.1. The van der Waals surface area contributed by atoms with Crippen molar-refractivity contribution in [2.75, 3.05) is 11.9 Å². The van der Waals surface area contributed by atoms with E-state index in [1.165, 1.54) is 31.4 Å². The Labute approximate surface area is 118 Å². The third kappa shape index (κ3) is 2.89. The van der Waals surface area contributed by atoms with Crippen LogP contribution < -0.4 is 4.90 Å². The Hall–Kier alpha value is -0.540. The van der Waals surface area contributed by atoms with Gasteiger partial charge in [0, 0.05) is 23.2 Å². The van der Waals surface area contributed by atoms with Gasteiger partial charge in [0.2, 0.25) is 0 Å². The second-order valence-electron chi connectivity index (χ2n) is 5.37. The van der Waals surface area contributed by atoms with Gasteiger partial charge in [0.1, 0.15) is 0 Å². The molecule has 2 rings (SSSR count). The summed E-state index contributed by atoms with van der Waals surface area (Å²) in [5, 5.41) is 9.20. The topological polar surface area (TPSA) is 23.5 Å². The van der Waals surface area contributed by atoms with Crippen LogP contribution in [0, 0.1) is 5.92 Å². The van der Waals surface area contributed by atoms with Crippen LogP contribution in [0.2, 0.25) is 0 Å². The lowest BCUT2D eigenvalue weighted by atomic mass is 9.85. The molecule has 0 radical (unpaired) electrons. The maximum Gasteiger partial charge on any atom is 0.0692 e. The van der Waals surface area contributed by atoms with Crippen LogP contribution in [0.25, 0.3) is 0 Å². The molecule has 0 bridgehead atoms. The molecule has 1 aliphatic carbocycles. The molecule has 100 valence electrons. The molecule has 1 aromatic rings. The summed E-state index contributed by atoms with van der Waals surface area (Å²) >= 11 is 3.53. The minimum absolute atomic E-state index is 0.0877. The van der Waals surface area contributed by atoms with Crippen molar-refractivity contribution in [2.45, 2.75) is 45.3 Å². The van der Waals surface area contributed by atoms with Crippen LogP contribution in [0.4, 0.5) is 5.69 Å². The van der Waals surface area contributed by atoms with Crippen LogP contribution in [0.5, 0.6) is 0 Å². The highest BCUT2D eigenvalue weighted by molar-refractivity contribution is 9.10. The third-order valence-electron chi connectivity index (χ3n) is 4.18. The number of nitrogens with zero attached hydrogens (tertiary/aromatic N) is 1. The van der Waals surface area contributed by atoms with Gasteiger partial charge in [0.15, 0.2) is 0 Å². The summed E-state index contributed by atoms with van der Waals surface area (Å²) in [6, 6.07) is 6.87. The zero-order valence-corrected chi connectivity index (χ0v) is 12.8. The molecular weight excluding hydrogens is 290 g/mol. The minimum atomic E-state index is 0.0877. The molecule has 0 spiro atoms. The third-order valence-corrected chi connectivity index (χ3v) is 4.92. The molecule has 2 atom stereocenters. The standard InChI is InChI=1S/C15H22BrNO/c1-11-5-3-4-6-15(11)17(2)13-8-7-12(10-18)14(16)9-13/h7-9,11,15,18H,3-6,10H2,1-2H3. The molecule has 2 unspecified atom stereocenters. The average Bonchev–Trinajstić information content (AvgIpc) is 2.38. The van der Waals surface area contributed by atoms with Crippen molar-refractivity contribution < 1.29 is 5.11 Å². The molecule has 2 nitrogen and oxygen atoms in total. The van der Waals surface area contributed by atoms with E-state index in [4.69, 9.17) is 0 Å². The van der Waals surface area contributed by atoms with E-state index < -0.39 is 0 Å². The monoisotopic (exact) mass is 311 g/mol. The largest absolute Gasteiger partial charge is 0.392 e. The Morgan fingerprint density at radius 3 is 2.67 bits per heavy atom. The molecule has 3 heteroatoms. The van der Waals surface area contributed by atoms with E-state index in [9.17, 15) is 5.11 Å². The van der Waals surface area contributed by atoms with Crippen LogP contribution in [0.1, 0.15) is 38.2 Å². The van der Waals surface area contributed by atoms with Crippen LogP contribution >= 0.6 is 15.9 Å². The fourth-order valence-corrected chi connectivity index (χ4v) is 3.44. The number of hydrogen-bond donors (Lipinski definition) is 1. The molecule has 0 amide bonds. The summed E-state index contributed by atoms with van der Waals surface area (Å²) in [6.07, 6.45) is 5.34. The summed E-state index contributed by atoms with van der Waals surface area (Å²) in [6.45, 7) is 2.45. The summed E-state index contributed by atoms with van der Waals surface area (Å²) in [4.78, 5) is 2.40. The molecule has 1 fully saturated rings. The normalized spacial score (nSPS) is 24.0. The zero-order valence-electron chi connectivity index (χ0n) is 11.2. The van der Waals surface area contributed by atoms with Crippen LogP contribution in [0.3, 0.4) is 0 Å². The summed E-state index contributed by atoms with van der Waals surface area (Å²) in [5.74, 6) is 0.764. The molecule has 1 aliphatic rings. The van der Waals surface area contributed by atoms with Gasteiger partial charge in [-0.15, -0.1) is 0 Å². The lowest BCUT2D eigenvalue weighted by Crippen LogP contribution is -2.39. The Balaban J connectivity index is 2.17. The Morgan fingerprint density at radius 2 is 2.06 bits per heavy atom. The fourth-order valence-electron chi connectivity index (χ4n) is 2.95. The van der Waals surface area contributed by atoms with Gasteiger partial charge in [-0.2, -0.15) is 0 Å². The van der Waals surface area contributed by atoms with Crippen molar-refractivity contribution in [1.29, 1.82) is 0 Å². The fraction of sp³-hybridized carbons (Fsp3) is 0.600. The summed E-state index contributed by atoms with van der Waals surface area (Å²) in [7, 11) is 2.19. The molecular formula is C15H22BrNO. The Bertz CT molecular complexity index is 407. The minimum Gasteiger partial charge on any atom is -0.392 e. The van der Waals surface area contributed by atoms with E-state index in [1.807, 2.05) is 6.07 Å². The first-order valence-electron chi connectivity index (χ1n) is 6.75. The highest BCUT2D eigenvalue weighted by Gasteiger charge is 2.25. The van der Waals surface area contributed by atoms with Gasteiger partial charge in [-0.05, 0) is 36.5 Å². The molecule has 0 saturated heterocycles. The van der Waals surface area contributed by atoms with Gasteiger partial charge in [-0.1, -0.05) is 41.8 Å². The smallest absolute Gasteiger partial charge is 0.0692 e. The van der Waals surface area contributed by atoms with Crippen LogP contribution in [-0.4, -0.2) is 18.2 Å². The SMILES string of the molecule is CC1CCCCC1N(C)c1ccc(CO)c(Br)c1. The highest BCUT2D eigenvalue weighted by Crippen LogP contribution is 2.32. The first-order valence-corrected chi connectivity index (χ1v) is 7.55. The van der Waals surface area contributed by atoms with Gasteiger partial charge in [-0.25, -0.2) is 0 Å². The molecule has 0 aromatic heterocycles. The van der Waals surface area contributed by atoms with Crippen molar-refractivity contribution >= 4 is 21.6 Å². The second kappa shape index (κ2) is 6.07. The molecule has 1 N–H and O–H groups in total. The number of hydrogen-bond acceptors (Lipinski definition) is 2. The van der Waals surface area contributed by atoms with Crippen molar-refractivity contribution in [3.63, 3.8) is 0 Å². The molecule has 18 heavy (non-hydrogen) atoms. The summed E-state index contributed by atoms with van der Waals surface area (Å²) < 4.78 is 0.998. The van der Waals surface area contributed by atoms with E-state index in [2.05, 4.69) is 46.9 Å². The van der Waals surface area contributed by atoms with Gasteiger partial charge < -0.3 is 10.0 Å². The maximum absolute atomic E-state index is 9.20. The van der Waals surface area contributed by atoms with E-state index in [1.54, 1.807) is 0 Å². The highest BCUT2D eigenvalue weighted by atomic mass is 79.9. The second-order valence-corrected chi connectivity index (χ2v) is 6.23. The Morgan fingerprint density at radius 1 is 1.33 bits per heavy atom. The lowest BCUT2D eigenvalue weighted by Gasteiger charge is -2.37. The predicted molar refractivity (Wildman–Crippen MR) is 79.9 cm³/mol. The number of halogens is 1. The molecule has 1 aromatic carbocycles. The Kier molecular flexibility index (Phi) is 4.68. The van der Waals surface area contributed by atoms with Crippen LogP contribution in [-0.2, 0) is 6.61 Å². The van der Waals surface area contributed by atoms with E-state index in [0.717, 1.165) is 16.0 Å². The number of aliphatic hydroxyl groups excluding tert-OH is 1. The molecule has 0 heterocycles. The van der Waals surface area contributed by atoms with Crippen molar-refractivity contribution in [2.24, 2.45) is 5.92 Å². The van der Waals surface area contributed by atoms with Crippen molar-refractivity contribution in [1.82, 2.24) is 0 Å². The molecule has 1 saturated carbocycles. The first-order chi connectivity index (χ1) is 8.63. The number of anilines is 1. The average molecular weight is 312 g/mol. The number of aliphatic hydroxyl groups is 1. The van der Waals surface area contributed by atoms with Gasteiger partial charge in [0.05, 0.1) is 6.61 Å². The lowest BCUT2D eigenvalue weighted by molar-refractivity contribution is 0.281. The van der Waals surface area contributed by atoms with Crippen molar-refractivity contribution in [3.8, 4) is 0 Å². The number of benzene rings is 1. The van der Waals surface area contributed by atoms with Crippen LogP contribution in [0.15, 0.2) is 22.7 Å². The van der Waals surface area contributed by atoms with E-state index in [0.29, 0.717) is 6.04 Å². The number of rotatable bonds is 3. The van der Waals surface area contributed by atoms with Gasteiger partial charge in [0.25, 0.3) is 0 Å². The van der Waals surface area contributed by atoms with Gasteiger partial charge >= 0.3 is 0 Å². The first kappa shape index (κ1) is 13.9. The quantitative estimate of drug-likeness (QED) is 0.913. The van der Waals surface area contributed by atoms with E-state index >= 15 is 0 Å².